The minimum absolute atomic E-state index is 0.123. The first-order valence-corrected chi connectivity index (χ1v) is 7.71. The normalized spacial score (nSPS) is 11.3. The van der Waals surface area contributed by atoms with E-state index in [2.05, 4.69) is 45.0 Å². The molecule has 116 valence electrons. The van der Waals surface area contributed by atoms with Crippen molar-refractivity contribution < 1.29 is 9.53 Å². The molecule has 2 rings (SSSR count). The van der Waals surface area contributed by atoms with E-state index in [1.54, 1.807) is 0 Å². The summed E-state index contributed by atoms with van der Waals surface area (Å²) >= 11 is 0. The van der Waals surface area contributed by atoms with Gasteiger partial charge < -0.3 is 4.74 Å². The summed E-state index contributed by atoms with van der Waals surface area (Å²) in [5, 5.41) is 0. The van der Waals surface area contributed by atoms with Gasteiger partial charge in [-0.05, 0) is 47.6 Å². The van der Waals surface area contributed by atoms with E-state index in [4.69, 9.17) is 4.74 Å². The van der Waals surface area contributed by atoms with Crippen LogP contribution in [0.4, 0.5) is 0 Å². The molecule has 0 fully saturated rings. The zero-order valence-corrected chi connectivity index (χ0v) is 13.8. The zero-order chi connectivity index (χ0) is 16.2. The number of esters is 1. The highest BCUT2D eigenvalue weighted by Crippen LogP contribution is 2.23. The van der Waals surface area contributed by atoms with Gasteiger partial charge in [-0.1, -0.05) is 57.2 Å². The highest BCUT2D eigenvalue weighted by Gasteiger charge is 2.14. The minimum Gasteiger partial charge on any atom is -0.427 e. The standard InChI is InChI=1S/C20H24O2/c1-15-7-5-10-18(13-15)22-19(21)12-11-16-8-6-9-17(14-16)20(2,3)4/h5-10,13-14H,11-12H2,1-4H3. The molecule has 0 aliphatic rings. The van der Waals surface area contributed by atoms with Gasteiger partial charge in [0.15, 0.2) is 0 Å². The molecule has 0 saturated heterocycles. The molecule has 0 aliphatic heterocycles. The van der Waals surface area contributed by atoms with Crippen LogP contribution in [0.5, 0.6) is 5.75 Å². The fourth-order valence-corrected chi connectivity index (χ4v) is 2.30. The molecule has 0 unspecified atom stereocenters. The second kappa shape index (κ2) is 6.78. The minimum atomic E-state index is -0.188. The Hall–Kier alpha value is -2.09. The lowest BCUT2D eigenvalue weighted by atomic mass is 9.86. The number of carbonyl (C=O) groups is 1. The van der Waals surface area contributed by atoms with E-state index in [-0.39, 0.29) is 11.4 Å². The van der Waals surface area contributed by atoms with Crippen LogP contribution in [-0.2, 0) is 16.6 Å². The maximum atomic E-state index is 12.0. The summed E-state index contributed by atoms with van der Waals surface area (Å²) in [4.78, 5) is 12.0. The third-order valence-electron chi connectivity index (χ3n) is 3.63. The first kappa shape index (κ1) is 16.3. The lowest BCUT2D eigenvalue weighted by Crippen LogP contribution is -2.12. The Kier molecular flexibility index (Phi) is 5.02. The Morgan fingerprint density at radius 1 is 1.05 bits per heavy atom. The van der Waals surface area contributed by atoms with Crippen LogP contribution in [0.25, 0.3) is 0 Å². The van der Waals surface area contributed by atoms with Crippen molar-refractivity contribution in [3.8, 4) is 5.75 Å². The van der Waals surface area contributed by atoms with E-state index in [0.29, 0.717) is 18.6 Å². The van der Waals surface area contributed by atoms with Crippen LogP contribution in [-0.4, -0.2) is 5.97 Å². The topological polar surface area (TPSA) is 26.3 Å². The van der Waals surface area contributed by atoms with E-state index in [9.17, 15) is 4.79 Å². The number of aryl methyl sites for hydroxylation is 2. The van der Waals surface area contributed by atoms with Gasteiger partial charge >= 0.3 is 5.97 Å². The van der Waals surface area contributed by atoms with Crippen molar-refractivity contribution in [3.63, 3.8) is 0 Å². The first-order valence-electron chi connectivity index (χ1n) is 7.71. The summed E-state index contributed by atoms with van der Waals surface area (Å²) in [5.41, 5.74) is 3.67. The Morgan fingerprint density at radius 3 is 2.45 bits per heavy atom. The molecule has 0 amide bonds. The van der Waals surface area contributed by atoms with Crippen LogP contribution in [0.1, 0.15) is 43.9 Å². The molecule has 2 heteroatoms. The van der Waals surface area contributed by atoms with Crippen molar-refractivity contribution in [2.24, 2.45) is 0 Å². The molecule has 2 aromatic carbocycles. The van der Waals surface area contributed by atoms with Crippen LogP contribution in [0.2, 0.25) is 0 Å². The SMILES string of the molecule is Cc1cccc(OC(=O)CCc2cccc(C(C)(C)C)c2)c1. The maximum Gasteiger partial charge on any atom is 0.311 e. The van der Waals surface area contributed by atoms with Gasteiger partial charge in [-0.15, -0.1) is 0 Å². The van der Waals surface area contributed by atoms with Crippen molar-refractivity contribution >= 4 is 5.97 Å². The first-order chi connectivity index (χ1) is 10.3. The van der Waals surface area contributed by atoms with Gasteiger partial charge in [0.2, 0.25) is 0 Å². The average molecular weight is 296 g/mol. The Labute approximate surface area is 133 Å². The summed E-state index contributed by atoms with van der Waals surface area (Å²) in [6, 6.07) is 16.0. The molecule has 0 saturated carbocycles. The molecular weight excluding hydrogens is 272 g/mol. The Balaban J connectivity index is 1.94. The molecule has 2 nitrogen and oxygen atoms in total. The molecule has 0 aliphatic carbocycles. The lowest BCUT2D eigenvalue weighted by Gasteiger charge is -2.19. The van der Waals surface area contributed by atoms with E-state index < -0.39 is 0 Å². The quantitative estimate of drug-likeness (QED) is 0.596. The molecule has 2 aromatic rings. The largest absolute Gasteiger partial charge is 0.427 e. The number of ether oxygens (including phenoxy) is 1. The lowest BCUT2D eigenvalue weighted by molar-refractivity contribution is -0.134. The fourth-order valence-electron chi connectivity index (χ4n) is 2.30. The Morgan fingerprint density at radius 2 is 1.77 bits per heavy atom. The van der Waals surface area contributed by atoms with E-state index in [1.807, 2.05) is 31.2 Å². The number of hydrogen-bond donors (Lipinski definition) is 0. The zero-order valence-electron chi connectivity index (χ0n) is 13.8. The third kappa shape index (κ3) is 4.73. The summed E-state index contributed by atoms with van der Waals surface area (Å²) in [5.74, 6) is 0.431. The molecule has 0 N–H and O–H groups in total. The van der Waals surface area contributed by atoms with Crippen molar-refractivity contribution in [2.75, 3.05) is 0 Å². The van der Waals surface area contributed by atoms with Crippen molar-refractivity contribution in [1.82, 2.24) is 0 Å². The molecule has 0 aromatic heterocycles. The fraction of sp³-hybridized carbons (Fsp3) is 0.350. The van der Waals surface area contributed by atoms with Gasteiger partial charge in [0, 0.05) is 6.42 Å². The number of hydrogen-bond acceptors (Lipinski definition) is 2. The molecule has 0 radical (unpaired) electrons. The Bertz CT molecular complexity index is 651. The van der Waals surface area contributed by atoms with Crippen molar-refractivity contribution in [1.29, 1.82) is 0 Å². The number of carbonyl (C=O) groups excluding carboxylic acids is 1. The third-order valence-corrected chi connectivity index (χ3v) is 3.63. The highest BCUT2D eigenvalue weighted by atomic mass is 16.5. The predicted octanol–water partition coefficient (Wildman–Crippen LogP) is 4.83. The van der Waals surface area contributed by atoms with Gasteiger partial charge in [-0.25, -0.2) is 0 Å². The summed E-state index contributed by atoms with van der Waals surface area (Å²) in [6.45, 7) is 8.56. The maximum absolute atomic E-state index is 12.0. The van der Waals surface area contributed by atoms with Crippen LogP contribution in [0.3, 0.4) is 0 Å². The summed E-state index contributed by atoms with van der Waals surface area (Å²) in [7, 11) is 0. The second-order valence-corrected chi connectivity index (χ2v) is 6.74. The summed E-state index contributed by atoms with van der Waals surface area (Å²) in [6.07, 6.45) is 1.09. The van der Waals surface area contributed by atoms with Crippen LogP contribution >= 0.6 is 0 Å². The van der Waals surface area contributed by atoms with Crippen LogP contribution in [0, 0.1) is 6.92 Å². The molecule has 0 bridgehead atoms. The molecule has 0 atom stereocenters. The van der Waals surface area contributed by atoms with E-state index in [1.165, 1.54) is 11.1 Å². The predicted molar refractivity (Wildman–Crippen MR) is 90.3 cm³/mol. The molecule has 22 heavy (non-hydrogen) atoms. The van der Waals surface area contributed by atoms with Gasteiger partial charge in [0.25, 0.3) is 0 Å². The summed E-state index contributed by atoms with van der Waals surface area (Å²) < 4.78 is 5.38. The molecule has 0 heterocycles. The van der Waals surface area contributed by atoms with Crippen molar-refractivity contribution in [3.05, 3.63) is 65.2 Å². The smallest absolute Gasteiger partial charge is 0.311 e. The van der Waals surface area contributed by atoms with E-state index in [0.717, 1.165) is 5.56 Å². The van der Waals surface area contributed by atoms with Gasteiger partial charge in [-0.2, -0.15) is 0 Å². The van der Waals surface area contributed by atoms with Gasteiger partial charge in [0.05, 0.1) is 0 Å². The average Bonchev–Trinajstić information content (AvgIpc) is 2.45. The second-order valence-electron chi connectivity index (χ2n) is 6.74. The number of benzene rings is 2. The van der Waals surface area contributed by atoms with E-state index >= 15 is 0 Å². The van der Waals surface area contributed by atoms with Gasteiger partial charge in [-0.3, -0.25) is 4.79 Å². The van der Waals surface area contributed by atoms with Gasteiger partial charge in [0.1, 0.15) is 5.75 Å². The highest BCUT2D eigenvalue weighted by molar-refractivity contribution is 5.72. The van der Waals surface area contributed by atoms with Crippen molar-refractivity contribution in [2.45, 2.75) is 46.0 Å². The van der Waals surface area contributed by atoms with Crippen LogP contribution in [0.15, 0.2) is 48.5 Å². The molecular formula is C20H24O2. The monoisotopic (exact) mass is 296 g/mol. The van der Waals surface area contributed by atoms with Crippen LogP contribution < -0.4 is 4.74 Å². The molecule has 0 spiro atoms. The number of rotatable bonds is 4.